The van der Waals surface area contributed by atoms with Gasteiger partial charge in [-0.05, 0) is 31.1 Å². The van der Waals surface area contributed by atoms with E-state index in [1.165, 1.54) is 5.56 Å². The molecule has 1 aromatic rings. The molecule has 4 heteroatoms. The maximum Gasteiger partial charge on any atom is 0.244 e. The molecule has 2 fully saturated rings. The number of hydrogen-bond acceptors (Lipinski definition) is 3. The number of thioether (sulfide) groups is 1. The van der Waals surface area contributed by atoms with Gasteiger partial charge < -0.3 is 4.90 Å². The van der Waals surface area contributed by atoms with Crippen LogP contribution >= 0.6 is 11.8 Å². The molecule has 0 radical (unpaired) electrons. The van der Waals surface area contributed by atoms with Gasteiger partial charge >= 0.3 is 0 Å². The molecular formula is C16H22N2OS. The molecule has 2 unspecified atom stereocenters. The van der Waals surface area contributed by atoms with E-state index in [0.29, 0.717) is 5.91 Å². The zero-order valence-electron chi connectivity index (χ0n) is 12.1. The van der Waals surface area contributed by atoms with Gasteiger partial charge in [-0.2, -0.15) is 11.8 Å². The monoisotopic (exact) mass is 290 g/mol. The van der Waals surface area contributed by atoms with E-state index in [9.17, 15) is 4.79 Å². The van der Waals surface area contributed by atoms with Gasteiger partial charge in [0.05, 0.1) is 0 Å². The molecule has 1 saturated heterocycles. The van der Waals surface area contributed by atoms with E-state index in [-0.39, 0.29) is 17.7 Å². The van der Waals surface area contributed by atoms with E-state index < -0.39 is 0 Å². The third-order valence-corrected chi connectivity index (χ3v) is 5.36. The summed E-state index contributed by atoms with van der Waals surface area (Å²) in [4.78, 5) is 14.8. The van der Waals surface area contributed by atoms with Gasteiger partial charge in [-0.15, -0.1) is 0 Å². The molecule has 1 aliphatic heterocycles. The van der Waals surface area contributed by atoms with Crippen LogP contribution in [0.5, 0.6) is 0 Å². The second-order valence-corrected chi connectivity index (χ2v) is 7.08. The SMILES string of the molecule is CCSCC(C)N1C(=O)C2(CC2)NC1c1ccccc1. The van der Waals surface area contributed by atoms with Crippen molar-refractivity contribution in [2.75, 3.05) is 11.5 Å². The summed E-state index contributed by atoms with van der Waals surface area (Å²) in [7, 11) is 0. The highest BCUT2D eigenvalue weighted by Crippen LogP contribution is 2.46. The summed E-state index contributed by atoms with van der Waals surface area (Å²) < 4.78 is 0. The highest BCUT2D eigenvalue weighted by atomic mass is 32.2. The van der Waals surface area contributed by atoms with Crippen LogP contribution in [0, 0.1) is 0 Å². The summed E-state index contributed by atoms with van der Waals surface area (Å²) in [5.74, 6) is 2.40. The Morgan fingerprint density at radius 3 is 2.70 bits per heavy atom. The van der Waals surface area contributed by atoms with Crippen molar-refractivity contribution >= 4 is 17.7 Å². The number of carbonyl (C=O) groups is 1. The normalized spacial score (nSPS) is 25.2. The third-order valence-electron chi connectivity index (χ3n) is 4.24. The Kier molecular flexibility index (Phi) is 3.78. The predicted octanol–water partition coefficient (Wildman–Crippen LogP) is 2.79. The summed E-state index contributed by atoms with van der Waals surface area (Å²) >= 11 is 1.90. The molecule has 0 bridgehead atoms. The van der Waals surface area contributed by atoms with Crippen LogP contribution in [0.1, 0.15) is 38.4 Å². The second-order valence-electron chi connectivity index (χ2n) is 5.76. The van der Waals surface area contributed by atoms with Crippen molar-refractivity contribution in [1.82, 2.24) is 10.2 Å². The smallest absolute Gasteiger partial charge is 0.244 e. The summed E-state index contributed by atoms with van der Waals surface area (Å²) in [5.41, 5.74) is 0.948. The maximum atomic E-state index is 12.7. The molecule has 1 saturated carbocycles. The number of rotatable bonds is 5. The number of amides is 1. The van der Waals surface area contributed by atoms with Gasteiger partial charge in [-0.25, -0.2) is 0 Å². The Hall–Kier alpha value is -1.00. The highest BCUT2D eigenvalue weighted by Gasteiger charge is 2.60. The molecule has 2 aliphatic rings. The minimum atomic E-state index is -0.244. The van der Waals surface area contributed by atoms with Crippen molar-refractivity contribution in [1.29, 1.82) is 0 Å². The fourth-order valence-electron chi connectivity index (χ4n) is 2.94. The quantitative estimate of drug-likeness (QED) is 0.905. The maximum absolute atomic E-state index is 12.7. The lowest BCUT2D eigenvalue weighted by Crippen LogP contribution is -2.40. The van der Waals surface area contributed by atoms with E-state index in [0.717, 1.165) is 24.3 Å². The molecule has 0 aromatic heterocycles. The Morgan fingerprint density at radius 2 is 2.10 bits per heavy atom. The minimum Gasteiger partial charge on any atom is -0.318 e. The fraction of sp³-hybridized carbons (Fsp3) is 0.562. The van der Waals surface area contributed by atoms with E-state index >= 15 is 0 Å². The number of nitrogens with zero attached hydrogens (tertiary/aromatic N) is 1. The van der Waals surface area contributed by atoms with Gasteiger partial charge in [-0.1, -0.05) is 37.3 Å². The lowest BCUT2D eigenvalue weighted by Gasteiger charge is -2.30. The largest absolute Gasteiger partial charge is 0.318 e. The predicted molar refractivity (Wildman–Crippen MR) is 83.6 cm³/mol. The first kappa shape index (κ1) is 14.0. The highest BCUT2D eigenvalue weighted by molar-refractivity contribution is 7.99. The first-order chi connectivity index (χ1) is 9.68. The Morgan fingerprint density at radius 1 is 1.40 bits per heavy atom. The average Bonchev–Trinajstić information content (AvgIpc) is 3.19. The van der Waals surface area contributed by atoms with Crippen LogP contribution in [0.4, 0.5) is 0 Å². The van der Waals surface area contributed by atoms with Crippen molar-refractivity contribution < 1.29 is 4.79 Å². The lowest BCUT2D eigenvalue weighted by atomic mass is 10.1. The Labute approximate surface area is 125 Å². The number of benzene rings is 1. The van der Waals surface area contributed by atoms with Gasteiger partial charge in [0.15, 0.2) is 0 Å². The molecule has 108 valence electrons. The molecule has 3 rings (SSSR count). The van der Waals surface area contributed by atoms with Crippen LogP contribution in [0.15, 0.2) is 30.3 Å². The van der Waals surface area contributed by atoms with Crippen LogP contribution in [-0.2, 0) is 4.79 Å². The molecule has 1 aliphatic carbocycles. The van der Waals surface area contributed by atoms with Gasteiger partial charge in [-0.3, -0.25) is 10.1 Å². The number of carbonyl (C=O) groups excluding carboxylic acids is 1. The average molecular weight is 290 g/mol. The molecule has 1 heterocycles. The van der Waals surface area contributed by atoms with Crippen LogP contribution in [-0.4, -0.2) is 33.9 Å². The van der Waals surface area contributed by atoms with Crippen molar-refractivity contribution in [3.8, 4) is 0 Å². The lowest BCUT2D eigenvalue weighted by molar-refractivity contribution is -0.132. The van der Waals surface area contributed by atoms with Gasteiger partial charge in [0.1, 0.15) is 11.7 Å². The Balaban J connectivity index is 1.85. The zero-order chi connectivity index (χ0) is 14.2. The topological polar surface area (TPSA) is 32.3 Å². The standard InChI is InChI=1S/C16H22N2OS/c1-3-20-11-12(2)18-14(13-7-5-4-6-8-13)17-16(9-10-16)15(18)19/h4-8,12,14,17H,3,9-11H2,1-2H3. The molecular weight excluding hydrogens is 268 g/mol. The van der Waals surface area contributed by atoms with Crippen LogP contribution in [0.3, 0.4) is 0 Å². The fourth-order valence-corrected chi connectivity index (χ4v) is 3.68. The third kappa shape index (κ3) is 2.35. The Bertz CT molecular complexity index is 487. The molecule has 20 heavy (non-hydrogen) atoms. The molecule has 3 nitrogen and oxygen atoms in total. The first-order valence-corrected chi connectivity index (χ1v) is 8.56. The van der Waals surface area contributed by atoms with E-state index in [1.807, 2.05) is 30.0 Å². The van der Waals surface area contributed by atoms with Gasteiger partial charge in [0, 0.05) is 11.8 Å². The van der Waals surface area contributed by atoms with E-state index in [4.69, 9.17) is 0 Å². The van der Waals surface area contributed by atoms with Crippen LogP contribution in [0.2, 0.25) is 0 Å². The summed E-state index contributed by atoms with van der Waals surface area (Å²) in [6.07, 6.45) is 2.01. The number of nitrogens with one attached hydrogen (secondary N) is 1. The van der Waals surface area contributed by atoms with Crippen LogP contribution in [0.25, 0.3) is 0 Å². The minimum absolute atomic E-state index is 0.0404. The first-order valence-electron chi connectivity index (χ1n) is 7.41. The molecule has 1 amide bonds. The summed E-state index contributed by atoms with van der Waals surface area (Å²) in [6, 6.07) is 10.6. The van der Waals surface area contributed by atoms with Gasteiger partial charge in [0.2, 0.25) is 5.91 Å². The van der Waals surface area contributed by atoms with Crippen molar-refractivity contribution in [3.05, 3.63) is 35.9 Å². The molecule has 1 spiro atoms. The van der Waals surface area contributed by atoms with Crippen molar-refractivity contribution in [2.45, 2.75) is 44.4 Å². The molecule has 1 N–H and O–H groups in total. The van der Waals surface area contributed by atoms with Crippen molar-refractivity contribution in [2.24, 2.45) is 0 Å². The molecule has 1 aromatic carbocycles. The summed E-state index contributed by atoms with van der Waals surface area (Å²) in [6.45, 7) is 4.33. The van der Waals surface area contributed by atoms with Gasteiger partial charge in [0.25, 0.3) is 0 Å². The van der Waals surface area contributed by atoms with Crippen molar-refractivity contribution in [3.63, 3.8) is 0 Å². The van der Waals surface area contributed by atoms with E-state index in [2.05, 4.69) is 36.2 Å². The van der Waals surface area contributed by atoms with E-state index in [1.54, 1.807) is 0 Å². The zero-order valence-corrected chi connectivity index (χ0v) is 13.0. The summed E-state index contributed by atoms with van der Waals surface area (Å²) in [5, 5.41) is 3.58. The molecule has 2 atom stereocenters. The number of hydrogen-bond donors (Lipinski definition) is 1. The second kappa shape index (κ2) is 5.41. The van der Waals surface area contributed by atoms with Crippen LogP contribution < -0.4 is 5.32 Å².